The standard InChI is InChI=1S/C19H19FN6O2/c20-18-14-4-1-11(23-14)7-17(18)28-19-22-9-15(24-25-19)13-3-2-12(8-16(13)27)26-6-5-21-10-26/h2-3,5-6,8-11,14,17-18,23,27H,1,4,7H2/t11-,14?,17-,18+/m0/s1. The number of benzene rings is 1. The minimum absolute atomic E-state index is 0.0484. The van der Waals surface area contributed by atoms with Crippen LogP contribution in [0.2, 0.25) is 0 Å². The Bertz CT molecular complexity index is 965. The fourth-order valence-corrected chi connectivity index (χ4v) is 3.96. The van der Waals surface area contributed by atoms with E-state index in [1.807, 2.05) is 6.07 Å². The molecule has 4 atom stereocenters. The van der Waals surface area contributed by atoms with Gasteiger partial charge in [-0.05, 0) is 25.0 Å². The van der Waals surface area contributed by atoms with Gasteiger partial charge in [0.05, 0.1) is 18.2 Å². The number of hydrogen-bond acceptors (Lipinski definition) is 7. The number of aromatic nitrogens is 5. The van der Waals surface area contributed by atoms with Gasteiger partial charge >= 0.3 is 6.01 Å². The summed E-state index contributed by atoms with van der Waals surface area (Å²) in [5, 5.41) is 21.7. The van der Waals surface area contributed by atoms with Crippen molar-refractivity contribution >= 4 is 0 Å². The Morgan fingerprint density at radius 1 is 1.25 bits per heavy atom. The van der Waals surface area contributed by atoms with Crippen molar-refractivity contribution in [2.75, 3.05) is 0 Å². The zero-order valence-electron chi connectivity index (χ0n) is 14.9. The molecule has 2 bridgehead atoms. The molecule has 2 fully saturated rings. The van der Waals surface area contributed by atoms with Crippen LogP contribution >= 0.6 is 0 Å². The lowest BCUT2D eigenvalue weighted by Gasteiger charge is -2.31. The third-order valence-corrected chi connectivity index (χ3v) is 5.39. The van der Waals surface area contributed by atoms with E-state index >= 15 is 0 Å². The first-order valence-electron chi connectivity index (χ1n) is 9.25. The highest BCUT2D eigenvalue weighted by Gasteiger charge is 2.43. The van der Waals surface area contributed by atoms with Crippen LogP contribution in [-0.2, 0) is 0 Å². The molecule has 2 saturated heterocycles. The molecule has 4 heterocycles. The summed E-state index contributed by atoms with van der Waals surface area (Å²) in [5.41, 5.74) is 1.68. The zero-order chi connectivity index (χ0) is 19.1. The molecule has 144 valence electrons. The molecule has 2 N–H and O–H groups in total. The number of phenolic OH excluding ortho intramolecular Hbond substituents is 1. The van der Waals surface area contributed by atoms with Crippen LogP contribution < -0.4 is 10.1 Å². The first kappa shape index (κ1) is 17.1. The minimum atomic E-state index is -1.08. The third-order valence-electron chi connectivity index (χ3n) is 5.39. The smallest absolute Gasteiger partial charge is 0.336 e. The van der Waals surface area contributed by atoms with E-state index in [-0.39, 0.29) is 17.8 Å². The third kappa shape index (κ3) is 3.07. The van der Waals surface area contributed by atoms with Gasteiger partial charge in [-0.2, -0.15) is 0 Å². The second-order valence-corrected chi connectivity index (χ2v) is 7.18. The van der Waals surface area contributed by atoms with Crippen LogP contribution in [0.15, 0.2) is 43.1 Å². The molecule has 1 aromatic carbocycles. The first-order chi connectivity index (χ1) is 13.7. The van der Waals surface area contributed by atoms with Crippen molar-refractivity contribution in [3.63, 3.8) is 0 Å². The average molecular weight is 382 g/mol. The molecule has 0 radical (unpaired) electrons. The Labute approximate surface area is 160 Å². The lowest BCUT2D eigenvalue weighted by Crippen LogP contribution is -2.51. The van der Waals surface area contributed by atoms with Crippen LogP contribution in [0.1, 0.15) is 19.3 Å². The number of fused-ring (bicyclic) bond motifs is 2. The van der Waals surface area contributed by atoms with Gasteiger partial charge in [0.1, 0.15) is 17.5 Å². The summed E-state index contributed by atoms with van der Waals surface area (Å²) in [6, 6.07) is 5.37. The van der Waals surface area contributed by atoms with Crippen molar-refractivity contribution in [3.05, 3.63) is 43.1 Å². The van der Waals surface area contributed by atoms with Gasteiger partial charge in [-0.15, -0.1) is 5.10 Å². The highest BCUT2D eigenvalue weighted by molar-refractivity contribution is 5.67. The molecule has 0 spiro atoms. The van der Waals surface area contributed by atoms with E-state index in [1.54, 1.807) is 35.4 Å². The molecule has 2 aliphatic heterocycles. The molecular formula is C19H19FN6O2. The maximum Gasteiger partial charge on any atom is 0.336 e. The molecule has 5 rings (SSSR count). The number of halogens is 1. The predicted octanol–water partition coefficient (Wildman–Crippen LogP) is 2.04. The highest BCUT2D eigenvalue weighted by Crippen LogP contribution is 2.32. The van der Waals surface area contributed by atoms with E-state index in [2.05, 4.69) is 25.5 Å². The zero-order valence-corrected chi connectivity index (χ0v) is 14.9. The summed E-state index contributed by atoms with van der Waals surface area (Å²) in [6.07, 6.45) is 7.32. The van der Waals surface area contributed by atoms with Crippen LogP contribution in [0.4, 0.5) is 4.39 Å². The SMILES string of the molecule is Oc1cc(-n2ccnc2)ccc1-c1cnc(O[C@H]2C[C@@H]3CCC(N3)[C@H]2F)nn1. The number of nitrogens with zero attached hydrogens (tertiary/aromatic N) is 5. The van der Waals surface area contributed by atoms with E-state index in [9.17, 15) is 9.50 Å². The van der Waals surface area contributed by atoms with Gasteiger partial charge in [0.15, 0.2) is 6.17 Å². The molecule has 0 saturated carbocycles. The number of piperidine rings is 1. The number of ether oxygens (including phenoxy) is 1. The summed E-state index contributed by atoms with van der Waals surface area (Å²) in [5.74, 6) is 0.0507. The molecule has 2 aliphatic rings. The second-order valence-electron chi connectivity index (χ2n) is 7.18. The molecule has 8 nitrogen and oxygen atoms in total. The Hall–Kier alpha value is -3.07. The summed E-state index contributed by atoms with van der Waals surface area (Å²) in [6.45, 7) is 0. The molecule has 0 aliphatic carbocycles. The summed E-state index contributed by atoms with van der Waals surface area (Å²) in [4.78, 5) is 8.15. The van der Waals surface area contributed by atoms with Crippen LogP contribution in [0.5, 0.6) is 11.8 Å². The molecule has 9 heteroatoms. The second kappa shape index (κ2) is 6.83. The molecular weight excluding hydrogens is 363 g/mol. The monoisotopic (exact) mass is 382 g/mol. The van der Waals surface area contributed by atoms with Crippen molar-refractivity contribution in [1.82, 2.24) is 30.0 Å². The van der Waals surface area contributed by atoms with Gasteiger partial charge in [0, 0.05) is 42.5 Å². The lowest BCUT2D eigenvalue weighted by molar-refractivity contribution is 0.0386. The normalized spacial score (nSPS) is 26.3. The summed E-state index contributed by atoms with van der Waals surface area (Å²) >= 11 is 0. The minimum Gasteiger partial charge on any atom is -0.507 e. The molecule has 2 aromatic heterocycles. The van der Waals surface area contributed by atoms with Gasteiger partial charge in [-0.1, -0.05) is 5.10 Å². The van der Waals surface area contributed by atoms with Crippen LogP contribution in [0.25, 0.3) is 16.9 Å². The number of hydrogen-bond donors (Lipinski definition) is 2. The van der Waals surface area contributed by atoms with Crippen LogP contribution in [0.3, 0.4) is 0 Å². The molecule has 1 unspecified atom stereocenters. The van der Waals surface area contributed by atoms with Gasteiger partial charge in [-0.25, -0.2) is 14.4 Å². The van der Waals surface area contributed by atoms with E-state index in [4.69, 9.17) is 4.74 Å². The van der Waals surface area contributed by atoms with Crippen LogP contribution in [-0.4, -0.2) is 54.2 Å². The number of phenols is 1. The molecule has 28 heavy (non-hydrogen) atoms. The summed E-state index contributed by atoms with van der Waals surface area (Å²) in [7, 11) is 0. The van der Waals surface area contributed by atoms with E-state index in [0.29, 0.717) is 23.7 Å². The Morgan fingerprint density at radius 2 is 2.18 bits per heavy atom. The quantitative estimate of drug-likeness (QED) is 0.712. The molecule has 3 aromatic rings. The Kier molecular flexibility index (Phi) is 4.16. The van der Waals surface area contributed by atoms with Crippen molar-refractivity contribution in [1.29, 1.82) is 0 Å². The van der Waals surface area contributed by atoms with Gasteiger partial charge in [0.2, 0.25) is 0 Å². The van der Waals surface area contributed by atoms with E-state index in [0.717, 1.165) is 18.5 Å². The fraction of sp³-hybridized carbons (Fsp3) is 0.368. The van der Waals surface area contributed by atoms with Gasteiger partial charge < -0.3 is 19.7 Å². The first-order valence-corrected chi connectivity index (χ1v) is 9.25. The number of alkyl halides is 1. The Morgan fingerprint density at radius 3 is 2.93 bits per heavy atom. The molecule has 0 amide bonds. The largest absolute Gasteiger partial charge is 0.507 e. The van der Waals surface area contributed by atoms with Crippen LogP contribution in [0, 0.1) is 0 Å². The number of nitrogens with one attached hydrogen (secondary N) is 1. The average Bonchev–Trinajstić information content (AvgIpc) is 3.37. The number of aromatic hydroxyl groups is 1. The van der Waals surface area contributed by atoms with Crippen molar-refractivity contribution < 1.29 is 14.2 Å². The van der Waals surface area contributed by atoms with E-state index < -0.39 is 12.3 Å². The maximum atomic E-state index is 14.5. The fourth-order valence-electron chi connectivity index (χ4n) is 3.96. The predicted molar refractivity (Wildman–Crippen MR) is 97.9 cm³/mol. The van der Waals surface area contributed by atoms with Crippen molar-refractivity contribution in [2.24, 2.45) is 0 Å². The summed E-state index contributed by atoms with van der Waals surface area (Å²) < 4.78 is 21.9. The number of rotatable bonds is 4. The van der Waals surface area contributed by atoms with Crippen molar-refractivity contribution in [3.8, 4) is 28.7 Å². The Balaban J connectivity index is 1.32. The van der Waals surface area contributed by atoms with E-state index in [1.165, 1.54) is 6.20 Å². The topological polar surface area (TPSA) is 98.0 Å². The highest BCUT2D eigenvalue weighted by atomic mass is 19.1. The lowest BCUT2D eigenvalue weighted by atomic mass is 10.0. The number of imidazole rings is 1. The van der Waals surface area contributed by atoms with Gasteiger partial charge in [-0.3, -0.25) is 0 Å². The van der Waals surface area contributed by atoms with Gasteiger partial charge in [0.25, 0.3) is 0 Å². The maximum absolute atomic E-state index is 14.5. The van der Waals surface area contributed by atoms with Crippen molar-refractivity contribution in [2.45, 2.75) is 43.6 Å².